The molecule has 3 heteroatoms. The molecule has 0 bridgehead atoms. The zero-order valence-electron chi connectivity index (χ0n) is 15.9. The molecule has 4 rings (SSSR count). The van der Waals surface area contributed by atoms with Gasteiger partial charge in [0, 0.05) is 0 Å². The Morgan fingerprint density at radius 2 is 1.65 bits per heavy atom. The second kappa shape index (κ2) is 8.79. The molecule has 1 N–H and O–H groups in total. The minimum atomic E-state index is -0.148. The largest absolute Gasteiger partial charge is 0.365 e. The van der Waals surface area contributed by atoms with Gasteiger partial charge in [0.1, 0.15) is 5.82 Å². The van der Waals surface area contributed by atoms with Crippen LogP contribution in [0, 0.1) is 5.82 Å². The first-order valence-corrected chi connectivity index (χ1v) is 9.87. The normalized spacial score (nSPS) is 17.7. The van der Waals surface area contributed by atoms with Gasteiger partial charge in [0.2, 0.25) is 0 Å². The number of nitrogens with one attached hydrogen (secondary N) is 1. The molecule has 1 saturated heterocycles. The molecule has 2 aliphatic rings. The van der Waals surface area contributed by atoms with Gasteiger partial charge in [-0.3, -0.25) is 0 Å². The lowest BCUT2D eigenvalue weighted by atomic mass is 9.84. The van der Waals surface area contributed by atoms with Crippen molar-refractivity contribution >= 4 is 0 Å². The first-order valence-electron chi connectivity index (χ1n) is 9.87. The number of piperidine rings is 1. The SMILES string of the molecule is CCC(CC)c1ccc(F)cc1.c1ccc2c(c1)COC21CCNCC1. The molecule has 26 heavy (non-hydrogen) atoms. The van der Waals surface area contributed by atoms with Crippen LogP contribution in [0.3, 0.4) is 0 Å². The lowest BCUT2D eigenvalue weighted by Crippen LogP contribution is -2.39. The zero-order chi connectivity index (χ0) is 18.4. The van der Waals surface area contributed by atoms with Crippen LogP contribution in [0.5, 0.6) is 0 Å². The molecule has 0 radical (unpaired) electrons. The third-order valence-corrected chi connectivity index (χ3v) is 5.75. The van der Waals surface area contributed by atoms with Crippen LogP contribution in [0.4, 0.5) is 4.39 Å². The van der Waals surface area contributed by atoms with Crippen LogP contribution in [0.1, 0.15) is 62.1 Å². The van der Waals surface area contributed by atoms with Gasteiger partial charge in [0.05, 0.1) is 12.2 Å². The lowest BCUT2D eigenvalue weighted by Gasteiger charge is -2.33. The molecular weight excluding hydrogens is 325 g/mol. The van der Waals surface area contributed by atoms with Gasteiger partial charge >= 0.3 is 0 Å². The molecule has 0 saturated carbocycles. The van der Waals surface area contributed by atoms with E-state index in [2.05, 4.69) is 43.4 Å². The number of ether oxygens (including phenoxy) is 1. The molecule has 0 atom stereocenters. The van der Waals surface area contributed by atoms with E-state index in [0.29, 0.717) is 5.92 Å². The predicted octanol–water partition coefficient (Wildman–Crippen LogP) is 5.52. The van der Waals surface area contributed by atoms with E-state index in [0.717, 1.165) is 45.4 Å². The van der Waals surface area contributed by atoms with Crippen molar-refractivity contribution in [1.82, 2.24) is 5.32 Å². The molecule has 1 spiro atoms. The number of benzene rings is 2. The number of rotatable bonds is 3. The maximum absolute atomic E-state index is 12.6. The van der Waals surface area contributed by atoms with Crippen molar-refractivity contribution in [3.05, 3.63) is 71.0 Å². The smallest absolute Gasteiger partial charge is 0.123 e. The summed E-state index contributed by atoms with van der Waals surface area (Å²) in [5.74, 6) is 0.440. The Morgan fingerprint density at radius 3 is 2.31 bits per heavy atom. The van der Waals surface area contributed by atoms with E-state index >= 15 is 0 Å². The van der Waals surface area contributed by atoms with Gasteiger partial charge in [-0.2, -0.15) is 0 Å². The summed E-state index contributed by atoms with van der Waals surface area (Å²) in [5, 5.41) is 3.39. The maximum atomic E-state index is 12.6. The van der Waals surface area contributed by atoms with Crippen molar-refractivity contribution in [1.29, 1.82) is 0 Å². The highest BCUT2D eigenvalue weighted by Gasteiger charge is 2.40. The summed E-state index contributed by atoms with van der Waals surface area (Å²) < 4.78 is 18.6. The van der Waals surface area contributed by atoms with Crippen molar-refractivity contribution in [3.63, 3.8) is 0 Å². The highest BCUT2D eigenvalue weighted by atomic mass is 19.1. The van der Waals surface area contributed by atoms with Gasteiger partial charge < -0.3 is 10.1 Å². The first-order chi connectivity index (χ1) is 12.7. The van der Waals surface area contributed by atoms with E-state index in [1.807, 2.05) is 12.1 Å². The summed E-state index contributed by atoms with van der Waals surface area (Å²) in [6, 6.07) is 15.5. The Labute approximate surface area is 156 Å². The Hall–Kier alpha value is -1.71. The van der Waals surface area contributed by atoms with Crippen LogP contribution in [0.15, 0.2) is 48.5 Å². The molecule has 1 fully saturated rings. The Morgan fingerprint density at radius 1 is 1.00 bits per heavy atom. The molecule has 0 aliphatic carbocycles. The fourth-order valence-electron chi connectivity index (χ4n) is 4.12. The number of halogens is 1. The third-order valence-electron chi connectivity index (χ3n) is 5.75. The van der Waals surface area contributed by atoms with Crippen molar-refractivity contribution in [2.75, 3.05) is 13.1 Å². The van der Waals surface area contributed by atoms with Crippen LogP contribution in [0.2, 0.25) is 0 Å². The Bertz CT molecular complexity index is 682. The third kappa shape index (κ3) is 4.16. The average Bonchev–Trinajstić information content (AvgIpc) is 3.04. The minimum absolute atomic E-state index is 0.0435. The molecule has 2 aromatic rings. The van der Waals surface area contributed by atoms with Gasteiger partial charge in [-0.05, 0) is 73.5 Å². The molecule has 2 aliphatic heterocycles. The summed E-state index contributed by atoms with van der Waals surface area (Å²) in [6.45, 7) is 7.29. The summed E-state index contributed by atoms with van der Waals surface area (Å²) in [6.07, 6.45) is 4.48. The molecule has 0 aromatic heterocycles. The van der Waals surface area contributed by atoms with Gasteiger partial charge in [0.15, 0.2) is 0 Å². The molecule has 0 unspecified atom stereocenters. The van der Waals surface area contributed by atoms with E-state index < -0.39 is 0 Å². The number of hydrogen-bond acceptors (Lipinski definition) is 2. The monoisotopic (exact) mass is 355 g/mol. The summed E-state index contributed by atoms with van der Waals surface area (Å²) in [4.78, 5) is 0. The van der Waals surface area contributed by atoms with Crippen molar-refractivity contribution < 1.29 is 9.13 Å². The van der Waals surface area contributed by atoms with Crippen LogP contribution >= 0.6 is 0 Å². The Kier molecular flexibility index (Phi) is 6.44. The van der Waals surface area contributed by atoms with E-state index in [9.17, 15) is 4.39 Å². The van der Waals surface area contributed by atoms with Gasteiger partial charge in [-0.25, -0.2) is 4.39 Å². The van der Waals surface area contributed by atoms with Crippen molar-refractivity contribution in [2.45, 2.75) is 57.7 Å². The van der Waals surface area contributed by atoms with Crippen LogP contribution < -0.4 is 5.32 Å². The fraction of sp³-hybridized carbons (Fsp3) is 0.478. The fourth-order valence-corrected chi connectivity index (χ4v) is 4.12. The van der Waals surface area contributed by atoms with E-state index in [1.165, 1.54) is 28.8 Å². The average molecular weight is 355 g/mol. The number of fused-ring (bicyclic) bond motifs is 2. The van der Waals surface area contributed by atoms with Crippen LogP contribution in [-0.4, -0.2) is 13.1 Å². The molecule has 140 valence electrons. The molecule has 2 aromatic carbocycles. The second-order valence-corrected chi connectivity index (χ2v) is 7.26. The van der Waals surface area contributed by atoms with Crippen molar-refractivity contribution in [2.24, 2.45) is 0 Å². The number of hydrogen-bond donors (Lipinski definition) is 1. The standard InChI is InChI=1S/C12H15NO.C11H15F/c1-2-4-11-10(3-1)9-14-12(11)5-7-13-8-6-12;1-3-9(4-2)10-5-7-11(12)8-6-10/h1-4,13H,5-9H2;5-9H,3-4H2,1-2H3. The summed E-state index contributed by atoms with van der Waals surface area (Å²) in [7, 11) is 0. The summed E-state index contributed by atoms with van der Waals surface area (Å²) in [5.41, 5.74) is 4.11. The highest BCUT2D eigenvalue weighted by molar-refractivity contribution is 5.35. The van der Waals surface area contributed by atoms with Crippen LogP contribution in [0.25, 0.3) is 0 Å². The van der Waals surface area contributed by atoms with E-state index in [4.69, 9.17) is 4.74 Å². The quantitative estimate of drug-likeness (QED) is 0.782. The Balaban J connectivity index is 0.000000153. The maximum Gasteiger partial charge on any atom is 0.123 e. The summed E-state index contributed by atoms with van der Waals surface area (Å²) >= 11 is 0. The molecular formula is C23H30FNO. The van der Waals surface area contributed by atoms with E-state index in [-0.39, 0.29) is 11.4 Å². The molecule has 2 nitrogen and oxygen atoms in total. The second-order valence-electron chi connectivity index (χ2n) is 7.26. The first kappa shape index (κ1) is 19.1. The zero-order valence-corrected chi connectivity index (χ0v) is 15.9. The predicted molar refractivity (Wildman–Crippen MR) is 105 cm³/mol. The van der Waals surface area contributed by atoms with Gasteiger partial charge in [-0.1, -0.05) is 50.2 Å². The van der Waals surface area contributed by atoms with Crippen LogP contribution in [-0.2, 0) is 16.9 Å². The van der Waals surface area contributed by atoms with Gasteiger partial charge in [0.25, 0.3) is 0 Å². The lowest BCUT2D eigenvalue weighted by molar-refractivity contribution is -0.0590. The molecule has 2 heterocycles. The highest BCUT2D eigenvalue weighted by Crippen LogP contribution is 2.42. The molecule has 0 amide bonds. The topological polar surface area (TPSA) is 21.3 Å². The minimum Gasteiger partial charge on any atom is -0.365 e. The van der Waals surface area contributed by atoms with E-state index in [1.54, 1.807) is 0 Å². The van der Waals surface area contributed by atoms with Gasteiger partial charge in [-0.15, -0.1) is 0 Å². The van der Waals surface area contributed by atoms with Crippen molar-refractivity contribution in [3.8, 4) is 0 Å².